The molecule has 3 rings (SSSR count). The molecule has 2 N–H and O–H groups in total. The number of anilines is 1. The number of rotatable bonds is 4. The highest BCUT2D eigenvalue weighted by Crippen LogP contribution is 2.31. The minimum absolute atomic E-state index is 0.338. The predicted molar refractivity (Wildman–Crippen MR) is 89.7 cm³/mol. The molecule has 0 amide bonds. The lowest BCUT2D eigenvalue weighted by atomic mass is 10.2. The number of aromatic nitrogens is 1. The summed E-state index contributed by atoms with van der Waals surface area (Å²) in [5.41, 5.74) is 6.00. The van der Waals surface area contributed by atoms with Gasteiger partial charge in [-0.2, -0.15) is 0 Å². The monoisotopic (exact) mass is 372 g/mol. The molecule has 4 nitrogen and oxygen atoms in total. The Morgan fingerprint density at radius 1 is 1.30 bits per heavy atom. The van der Waals surface area contributed by atoms with E-state index in [0.29, 0.717) is 12.6 Å². The van der Waals surface area contributed by atoms with Crippen molar-refractivity contribution < 1.29 is 0 Å². The fourth-order valence-corrected chi connectivity index (χ4v) is 4.82. The van der Waals surface area contributed by atoms with Crippen LogP contribution >= 0.6 is 38.6 Å². The molecule has 7 heteroatoms. The van der Waals surface area contributed by atoms with E-state index in [4.69, 9.17) is 5.73 Å². The van der Waals surface area contributed by atoms with Gasteiger partial charge in [0, 0.05) is 49.2 Å². The summed E-state index contributed by atoms with van der Waals surface area (Å²) >= 11 is 7.03. The van der Waals surface area contributed by atoms with E-state index in [9.17, 15) is 0 Å². The van der Waals surface area contributed by atoms with Crippen molar-refractivity contribution in [3.05, 3.63) is 32.4 Å². The summed E-state index contributed by atoms with van der Waals surface area (Å²) < 4.78 is 1.17. The summed E-state index contributed by atoms with van der Waals surface area (Å²) in [5.74, 6) is 0. The number of thiazole rings is 1. The van der Waals surface area contributed by atoms with Gasteiger partial charge in [0.1, 0.15) is 0 Å². The maximum atomic E-state index is 6.00. The molecule has 0 radical (unpaired) electrons. The van der Waals surface area contributed by atoms with Crippen molar-refractivity contribution in [1.82, 2.24) is 9.88 Å². The second-order valence-corrected chi connectivity index (χ2v) is 8.10. The quantitative estimate of drug-likeness (QED) is 0.895. The second-order valence-electron chi connectivity index (χ2n) is 4.73. The van der Waals surface area contributed by atoms with E-state index in [1.807, 2.05) is 11.6 Å². The molecular formula is C13H17BrN4S2. The molecule has 1 fully saturated rings. The van der Waals surface area contributed by atoms with Crippen LogP contribution in [0.3, 0.4) is 0 Å². The average molecular weight is 373 g/mol. The summed E-state index contributed by atoms with van der Waals surface area (Å²) in [6.45, 7) is 4.80. The largest absolute Gasteiger partial charge is 0.346 e. The molecule has 3 heterocycles. The molecule has 20 heavy (non-hydrogen) atoms. The summed E-state index contributed by atoms with van der Waals surface area (Å²) in [6.07, 6.45) is 1.87. The van der Waals surface area contributed by atoms with Crippen LogP contribution in [0.15, 0.2) is 27.5 Å². The lowest BCUT2D eigenvalue weighted by Crippen LogP contribution is -2.48. The minimum Gasteiger partial charge on any atom is -0.346 e. The highest BCUT2D eigenvalue weighted by Gasteiger charge is 2.25. The maximum absolute atomic E-state index is 6.00. The van der Waals surface area contributed by atoms with E-state index in [1.54, 1.807) is 22.7 Å². The zero-order valence-electron chi connectivity index (χ0n) is 11.0. The Kier molecular flexibility index (Phi) is 4.72. The summed E-state index contributed by atoms with van der Waals surface area (Å²) in [4.78, 5) is 10.6. The molecule has 1 unspecified atom stereocenters. The van der Waals surface area contributed by atoms with Crippen molar-refractivity contribution in [2.75, 3.05) is 37.6 Å². The smallest absolute Gasteiger partial charge is 0.185 e. The van der Waals surface area contributed by atoms with Gasteiger partial charge in [-0.1, -0.05) is 0 Å². The Balaban J connectivity index is 1.64. The molecule has 1 aliphatic rings. The van der Waals surface area contributed by atoms with E-state index >= 15 is 0 Å². The van der Waals surface area contributed by atoms with Crippen molar-refractivity contribution in [2.45, 2.75) is 6.04 Å². The van der Waals surface area contributed by atoms with Gasteiger partial charge < -0.3 is 10.6 Å². The van der Waals surface area contributed by atoms with Crippen LogP contribution in [0.2, 0.25) is 0 Å². The predicted octanol–water partition coefficient (Wildman–Crippen LogP) is 2.79. The van der Waals surface area contributed by atoms with E-state index in [1.165, 1.54) is 8.66 Å². The fraction of sp³-hybridized carbons (Fsp3) is 0.462. The number of piperazine rings is 1. The third kappa shape index (κ3) is 3.07. The molecule has 2 aromatic rings. The van der Waals surface area contributed by atoms with Crippen molar-refractivity contribution in [3.8, 4) is 0 Å². The van der Waals surface area contributed by atoms with Gasteiger partial charge in [0.15, 0.2) is 5.13 Å². The van der Waals surface area contributed by atoms with Crippen molar-refractivity contribution in [1.29, 1.82) is 0 Å². The van der Waals surface area contributed by atoms with Gasteiger partial charge >= 0.3 is 0 Å². The van der Waals surface area contributed by atoms with Crippen LogP contribution in [0.4, 0.5) is 5.13 Å². The first-order valence-corrected chi connectivity index (χ1v) is 9.10. The Bertz CT molecular complexity index is 534. The Labute approximate surface area is 135 Å². The van der Waals surface area contributed by atoms with Gasteiger partial charge in [-0.05, 0) is 28.1 Å². The Morgan fingerprint density at radius 3 is 2.65 bits per heavy atom. The maximum Gasteiger partial charge on any atom is 0.185 e. The average Bonchev–Trinajstić information content (AvgIpc) is 3.12. The third-order valence-corrected chi connectivity index (χ3v) is 6.15. The Hall–Kier alpha value is -0.470. The third-order valence-electron chi connectivity index (χ3n) is 3.59. The number of thiophene rings is 1. The lowest BCUT2D eigenvalue weighted by molar-refractivity contribution is 0.193. The summed E-state index contributed by atoms with van der Waals surface area (Å²) in [7, 11) is 0. The number of hydrogen-bond donors (Lipinski definition) is 1. The van der Waals surface area contributed by atoms with E-state index in [2.05, 4.69) is 42.8 Å². The molecule has 0 saturated carbocycles. The zero-order valence-corrected chi connectivity index (χ0v) is 14.3. The van der Waals surface area contributed by atoms with Gasteiger partial charge in [-0.3, -0.25) is 4.90 Å². The Morgan fingerprint density at radius 2 is 2.10 bits per heavy atom. The zero-order chi connectivity index (χ0) is 13.9. The molecule has 1 saturated heterocycles. The topological polar surface area (TPSA) is 45.4 Å². The molecule has 0 bridgehead atoms. The first kappa shape index (κ1) is 14.5. The van der Waals surface area contributed by atoms with Crippen LogP contribution in [0.5, 0.6) is 0 Å². The van der Waals surface area contributed by atoms with E-state index in [-0.39, 0.29) is 0 Å². The SMILES string of the molecule is NCC(c1ccc(Br)s1)N1CCN(c2nccs2)CC1. The lowest BCUT2D eigenvalue weighted by Gasteiger charge is -2.38. The highest BCUT2D eigenvalue weighted by atomic mass is 79.9. The van der Waals surface area contributed by atoms with Gasteiger partial charge in [-0.25, -0.2) is 4.98 Å². The number of halogens is 1. The molecule has 1 aliphatic heterocycles. The molecule has 1 atom stereocenters. The molecule has 0 aromatic carbocycles. The van der Waals surface area contributed by atoms with Gasteiger partial charge in [0.25, 0.3) is 0 Å². The second kappa shape index (κ2) is 6.53. The minimum atomic E-state index is 0.338. The highest BCUT2D eigenvalue weighted by molar-refractivity contribution is 9.11. The van der Waals surface area contributed by atoms with Crippen LogP contribution in [0, 0.1) is 0 Å². The van der Waals surface area contributed by atoms with Crippen molar-refractivity contribution in [2.24, 2.45) is 5.73 Å². The normalized spacial score (nSPS) is 18.4. The van der Waals surface area contributed by atoms with Crippen LogP contribution in [0.1, 0.15) is 10.9 Å². The summed E-state index contributed by atoms with van der Waals surface area (Å²) in [6, 6.07) is 4.62. The first-order valence-electron chi connectivity index (χ1n) is 6.61. The van der Waals surface area contributed by atoms with E-state index in [0.717, 1.165) is 31.3 Å². The first-order chi connectivity index (χ1) is 9.78. The molecule has 2 aromatic heterocycles. The molecular weight excluding hydrogens is 356 g/mol. The number of hydrogen-bond acceptors (Lipinski definition) is 6. The van der Waals surface area contributed by atoms with Crippen LogP contribution < -0.4 is 10.6 Å². The molecule has 0 aliphatic carbocycles. The molecule has 108 valence electrons. The van der Waals surface area contributed by atoms with Crippen molar-refractivity contribution >= 4 is 43.7 Å². The fourth-order valence-electron chi connectivity index (χ4n) is 2.55. The number of nitrogens with two attached hydrogens (primary N) is 1. The van der Waals surface area contributed by atoms with Gasteiger partial charge in [-0.15, -0.1) is 22.7 Å². The van der Waals surface area contributed by atoms with Crippen LogP contribution in [-0.4, -0.2) is 42.6 Å². The van der Waals surface area contributed by atoms with Gasteiger partial charge in [0.2, 0.25) is 0 Å². The van der Waals surface area contributed by atoms with Crippen LogP contribution in [-0.2, 0) is 0 Å². The van der Waals surface area contributed by atoms with Crippen molar-refractivity contribution in [3.63, 3.8) is 0 Å². The van der Waals surface area contributed by atoms with E-state index < -0.39 is 0 Å². The van der Waals surface area contributed by atoms with Crippen LogP contribution in [0.25, 0.3) is 0 Å². The molecule has 0 spiro atoms. The summed E-state index contributed by atoms with van der Waals surface area (Å²) in [5, 5.41) is 3.17. The van der Waals surface area contributed by atoms with Gasteiger partial charge in [0.05, 0.1) is 9.83 Å². The standard InChI is InChI=1S/C13H17BrN4S2/c14-12-2-1-11(20-12)10(9-15)17-4-6-18(7-5-17)13-16-3-8-19-13/h1-3,8,10H,4-7,9,15H2. The number of nitrogens with zero attached hydrogens (tertiary/aromatic N) is 3.